The van der Waals surface area contributed by atoms with E-state index in [9.17, 15) is 14.7 Å². The van der Waals surface area contributed by atoms with Crippen LogP contribution in [0.15, 0.2) is 29.8 Å². The van der Waals surface area contributed by atoms with Crippen molar-refractivity contribution >= 4 is 23.3 Å². The van der Waals surface area contributed by atoms with Gasteiger partial charge in [0.25, 0.3) is 0 Å². The first kappa shape index (κ1) is 17.2. The lowest BCUT2D eigenvalue weighted by Gasteiger charge is -2.36. The zero-order chi connectivity index (χ0) is 16.0. The second-order valence-corrected chi connectivity index (χ2v) is 6.73. The van der Waals surface area contributed by atoms with Gasteiger partial charge in [0.05, 0.1) is 0 Å². The molecular weight excluding hydrogens is 288 g/mol. The Hall–Kier alpha value is -1.82. The normalized spacial score (nSPS) is 13.1. The summed E-state index contributed by atoms with van der Waals surface area (Å²) in [5.74, 6) is -0.338. The minimum absolute atomic E-state index is 0.338. The van der Waals surface area contributed by atoms with Crippen molar-refractivity contribution in [2.75, 3.05) is 0 Å². The molecule has 0 aromatic carbocycles. The maximum Gasteiger partial charge on any atom is 0.408 e. The van der Waals surface area contributed by atoms with Crippen molar-refractivity contribution < 1.29 is 14.7 Å². The minimum atomic E-state index is -1.10. The highest BCUT2D eigenvalue weighted by atomic mass is 32.1. The van der Waals surface area contributed by atoms with E-state index in [1.807, 2.05) is 23.6 Å². The monoisotopic (exact) mass is 310 g/mol. The average Bonchev–Trinajstić information content (AvgIpc) is 2.85. The molecule has 0 aliphatic rings. The molecule has 0 aliphatic carbocycles. The maximum atomic E-state index is 12.0. The molecule has 1 rings (SSSR count). The lowest BCUT2D eigenvalue weighted by Crippen LogP contribution is -2.54. The number of thiophene rings is 1. The molecule has 0 bridgehead atoms. The first-order valence-corrected chi connectivity index (χ1v) is 7.61. The summed E-state index contributed by atoms with van der Waals surface area (Å²) < 4.78 is 0. The van der Waals surface area contributed by atoms with Crippen LogP contribution in [0.5, 0.6) is 0 Å². The molecule has 2 N–H and O–H groups in total. The molecular formula is C15H22N2O3S. The number of carboxylic acid groups (broad SMARTS) is 1. The van der Waals surface area contributed by atoms with E-state index in [-0.39, 0.29) is 5.91 Å². The molecule has 116 valence electrons. The number of nitrogens with one attached hydrogen (secondary N) is 1. The summed E-state index contributed by atoms with van der Waals surface area (Å²) in [5.41, 5.74) is -0.636. The van der Waals surface area contributed by atoms with Crippen molar-refractivity contribution in [3.05, 3.63) is 34.7 Å². The van der Waals surface area contributed by atoms with Crippen molar-refractivity contribution in [1.82, 2.24) is 10.2 Å². The molecule has 0 fully saturated rings. The fraction of sp³-hybridized carbons (Fsp3) is 0.467. The summed E-state index contributed by atoms with van der Waals surface area (Å²) in [6.45, 7) is 6.87. The Morgan fingerprint density at radius 2 is 2.14 bits per heavy atom. The number of carbonyl (C=O) groups excluding carboxylic acids is 1. The van der Waals surface area contributed by atoms with E-state index in [4.69, 9.17) is 0 Å². The van der Waals surface area contributed by atoms with Crippen molar-refractivity contribution in [3.63, 3.8) is 0 Å². The fourth-order valence-corrected chi connectivity index (χ4v) is 2.70. The largest absolute Gasteiger partial charge is 0.465 e. The van der Waals surface area contributed by atoms with Crippen LogP contribution in [0.3, 0.4) is 0 Å². The molecule has 2 amide bonds. The number of nitrogens with zero attached hydrogens (tertiary/aromatic N) is 1. The Kier molecular flexibility index (Phi) is 5.96. The number of rotatable bonds is 5. The number of carbonyl (C=O) groups is 2. The zero-order valence-electron chi connectivity index (χ0n) is 12.8. The standard InChI is InChI=1S/C15H22N2O3S/c1-11(17(14(19)20)15(2,3)4)13(18)16-9-5-7-12-8-6-10-21-12/h5-6,8-11H,7H2,1-4H3,(H,16,18)(H,19,20)/t11-/m1/s1. The highest BCUT2D eigenvalue weighted by molar-refractivity contribution is 7.09. The summed E-state index contributed by atoms with van der Waals surface area (Å²) in [6, 6.07) is 3.24. The van der Waals surface area contributed by atoms with Crippen molar-refractivity contribution in [2.45, 2.75) is 45.7 Å². The summed E-state index contributed by atoms with van der Waals surface area (Å²) in [4.78, 5) is 25.7. The van der Waals surface area contributed by atoms with Gasteiger partial charge in [0.2, 0.25) is 5.91 Å². The van der Waals surface area contributed by atoms with E-state index >= 15 is 0 Å². The van der Waals surface area contributed by atoms with E-state index in [1.165, 1.54) is 4.88 Å². The number of amides is 2. The van der Waals surface area contributed by atoms with Gasteiger partial charge in [0.15, 0.2) is 0 Å². The third-order valence-electron chi connectivity index (χ3n) is 2.94. The van der Waals surface area contributed by atoms with E-state index in [0.29, 0.717) is 0 Å². The highest BCUT2D eigenvalue weighted by Gasteiger charge is 2.34. The minimum Gasteiger partial charge on any atom is -0.465 e. The highest BCUT2D eigenvalue weighted by Crippen LogP contribution is 2.17. The molecule has 21 heavy (non-hydrogen) atoms. The zero-order valence-corrected chi connectivity index (χ0v) is 13.6. The Morgan fingerprint density at radius 1 is 1.48 bits per heavy atom. The third-order valence-corrected chi connectivity index (χ3v) is 3.84. The Labute approximate surface area is 129 Å². The lowest BCUT2D eigenvalue weighted by molar-refractivity contribution is -0.125. The third kappa shape index (κ3) is 5.23. The first-order chi connectivity index (χ1) is 9.73. The summed E-state index contributed by atoms with van der Waals surface area (Å²) in [5, 5.41) is 13.9. The Morgan fingerprint density at radius 3 is 2.62 bits per heavy atom. The molecule has 0 spiro atoms. The summed E-state index contributed by atoms with van der Waals surface area (Å²) in [7, 11) is 0. The van der Waals surface area contributed by atoms with Crippen molar-refractivity contribution in [1.29, 1.82) is 0 Å². The van der Waals surface area contributed by atoms with Gasteiger partial charge in [-0.1, -0.05) is 12.1 Å². The van der Waals surface area contributed by atoms with E-state index in [2.05, 4.69) is 5.32 Å². The van der Waals surface area contributed by atoms with Gasteiger partial charge < -0.3 is 10.4 Å². The van der Waals surface area contributed by atoms with Crippen molar-refractivity contribution in [2.24, 2.45) is 0 Å². The van der Waals surface area contributed by atoms with Gasteiger partial charge in [-0.2, -0.15) is 0 Å². The van der Waals surface area contributed by atoms with Gasteiger partial charge in [-0.3, -0.25) is 9.69 Å². The molecule has 0 saturated carbocycles. The van der Waals surface area contributed by atoms with Gasteiger partial charge in [0, 0.05) is 23.0 Å². The van der Waals surface area contributed by atoms with Crippen molar-refractivity contribution in [3.8, 4) is 0 Å². The quantitative estimate of drug-likeness (QED) is 0.878. The topological polar surface area (TPSA) is 69.6 Å². The van der Waals surface area contributed by atoms with E-state index in [1.54, 1.807) is 45.2 Å². The molecule has 1 aromatic heterocycles. The average molecular weight is 310 g/mol. The second kappa shape index (κ2) is 7.26. The Balaban J connectivity index is 2.57. The molecule has 0 aliphatic heterocycles. The van der Waals surface area contributed by atoms with Gasteiger partial charge in [0.1, 0.15) is 6.04 Å². The molecule has 1 atom stereocenters. The van der Waals surface area contributed by atoms with Crippen LogP contribution in [0.2, 0.25) is 0 Å². The maximum absolute atomic E-state index is 12.0. The smallest absolute Gasteiger partial charge is 0.408 e. The second-order valence-electron chi connectivity index (χ2n) is 5.69. The lowest BCUT2D eigenvalue weighted by atomic mass is 10.0. The van der Waals surface area contributed by atoms with Crippen LogP contribution in [-0.2, 0) is 11.2 Å². The molecule has 0 saturated heterocycles. The Bertz CT molecular complexity index is 503. The van der Waals surface area contributed by atoms with Crippen LogP contribution >= 0.6 is 11.3 Å². The van der Waals surface area contributed by atoms with Gasteiger partial charge >= 0.3 is 6.09 Å². The molecule has 1 aromatic rings. The number of hydrogen-bond donors (Lipinski definition) is 2. The predicted molar refractivity (Wildman–Crippen MR) is 84.4 cm³/mol. The summed E-state index contributed by atoms with van der Waals surface area (Å²) in [6.07, 6.45) is 3.06. The van der Waals surface area contributed by atoms with Crippen LogP contribution in [0.25, 0.3) is 0 Å². The molecule has 0 radical (unpaired) electrons. The predicted octanol–water partition coefficient (Wildman–Crippen LogP) is 3.09. The summed E-state index contributed by atoms with van der Waals surface area (Å²) >= 11 is 1.65. The van der Waals surface area contributed by atoms with Crippen LogP contribution in [-0.4, -0.2) is 33.6 Å². The molecule has 6 heteroatoms. The molecule has 1 heterocycles. The first-order valence-electron chi connectivity index (χ1n) is 6.73. The number of allylic oxidation sites excluding steroid dienone is 1. The van der Waals surface area contributed by atoms with E-state index < -0.39 is 17.7 Å². The van der Waals surface area contributed by atoms with Crippen LogP contribution < -0.4 is 5.32 Å². The fourth-order valence-electron chi connectivity index (χ4n) is 2.02. The number of hydrogen-bond acceptors (Lipinski definition) is 3. The van der Waals surface area contributed by atoms with Gasteiger partial charge in [-0.05, 0) is 39.1 Å². The SMILES string of the molecule is C[C@H](C(=O)NC=CCc1cccs1)N(C(=O)O)C(C)(C)C. The van der Waals surface area contributed by atoms with Crippen LogP contribution in [0.4, 0.5) is 4.79 Å². The van der Waals surface area contributed by atoms with E-state index in [0.717, 1.165) is 11.3 Å². The molecule has 5 nitrogen and oxygen atoms in total. The van der Waals surface area contributed by atoms with Crippen LogP contribution in [0.1, 0.15) is 32.6 Å². The molecule has 0 unspecified atom stereocenters. The van der Waals surface area contributed by atoms with Gasteiger partial charge in [-0.25, -0.2) is 4.79 Å². The van der Waals surface area contributed by atoms with Crippen LogP contribution in [0, 0.1) is 0 Å². The van der Waals surface area contributed by atoms with Gasteiger partial charge in [-0.15, -0.1) is 11.3 Å².